The monoisotopic (exact) mass is 413 g/mol. The summed E-state index contributed by atoms with van der Waals surface area (Å²) in [5.74, 6) is -0.521. The Morgan fingerprint density at radius 1 is 1.00 bits per heavy atom. The first kappa shape index (κ1) is 21.5. The lowest BCUT2D eigenvalue weighted by molar-refractivity contribution is 0.0954. The molecule has 0 heterocycles. The van der Waals surface area contributed by atoms with Crippen LogP contribution >= 0.6 is 0 Å². The number of hydrazone groups is 1. The Labute approximate surface area is 180 Å². The molecule has 156 valence electrons. The highest BCUT2D eigenvalue weighted by Gasteiger charge is 2.08. The smallest absolute Gasteiger partial charge is 0.271 e. The van der Waals surface area contributed by atoms with E-state index in [1.54, 1.807) is 60.7 Å². The van der Waals surface area contributed by atoms with Crippen molar-refractivity contribution in [3.05, 3.63) is 107 Å². The number of nitrogens with zero attached hydrogens (tertiary/aromatic N) is 1. The lowest BCUT2D eigenvalue weighted by Gasteiger charge is -2.07. The number of hydrogen-bond acceptors (Lipinski definition) is 4. The number of anilines is 1. The van der Waals surface area contributed by atoms with Gasteiger partial charge in [0.1, 0.15) is 5.75 Å². The number of aryl methyl sites for hydroxylation is 1. The first-order chi connectivity index (χ1) is 15.0. The Morgan fingerprint density at radius 3 is 2.45 bits per heavy atom. The van der Waals surface area contributed by atoms with E-state index in [9.17, 15) is 14.7 Å². The topological polar surface area (TPSA) is 90.8 Å². The van der Waals surface area contributed by atoms with Crippen molar-refractivity contribution in [3.8, 4) is 5.75 Å². The molecule has 3 aromatic rings. The van der Waals surface area contributed by atoms with Gasteiger partial charge in [-0.1, -0.05) is 35.9 Å². The van der Waals surface area contributed by atoms with Gasteiger partial charge in [-0.15, -0.1) is 6.58 Å². The fourth-order valence-electron chi connectivity index (χ4n) is 2.96. The van der Waals surface area contributed by atoms with Crippen LogP contribution in [0, 0.1) is 6.92 Å². The number of amides is 2. The molecule has 0 saturated heterocycles. The van der Waals surface area contributed by atoms with Crippen LogP contribution < -0.4 is 10.7 Å². The summed E-state index contributed by atoms with van der Waals surface area (Å²) < 4.78 is 0. The number of hydrogen-bond donors (Lipinski definition) is 3. The van der Waals surface area contributed by atoms with Crippen LogP contribution in [0.4, 0.5) is 5.69 Å². The van der Waals surface area contributed by atoms with Gasteiger partial charge in [0.15, 0.2) is 0 Å². The molecule has 0 spiro atoms. The maximum absolute atomic E-state index is 12.3. The van der Waals surface area contributed by atoms with Crippen molar-refractivity contribution >= 4 is 23.7 Å². The number of carbonyl (C=O) groups excluding carboxylic acids is 2. The summed E-state index contributed by atoms with van der Waals surface area (Å²) >= 11 is 0. The predicted octanol–water partition coefficient (Wildman–Crippen LogP) is 4.45. The molecule has 0 aliphatic heterocycles. The number of carbonyl (C=O) groups is 2. The molecule has 3 N–H and O–H groups in total. The van der Waals surface area contributed by atoms with Crippen molar-refractivity contribution in [3.63, 3.8) is 0 Å². The highest BCUT2D eigenvalue weighted by atomic mass is 16.3. The van der Waals surface area contributed by atoms with Crippen molar-refractivity contribution in [1.29, 1.82) is 0 Å². The van der Waals surface area contributed by atoms with Gasteiger partial charge in [0.2, 0.25) is 0 Å². The van der Waals surface area contributed by atoms with Gasteiger partial charge in [-0.05, 0) is 61.4 Å². The molecule has 0 radical (unpaired) electrons. The summed E-state index contributed by atoms with van der Waals surface area (Å²) in [5.41, 5.74) is 6.19. The molecule has 0 aromatic heterocycles. The lowest BCUT2D eigenvalue weighted by atomic mass is 10.1. The molecule has 3 aromatic carbocycles. The maximum atomic E-state index is 12.3. The van der Waals surface area contributed by atoms with Crippen LogP contribution in [0.15, 0.2) is 84.5 Å². The minimum atomic E-state index is -0.408. The molecule has 6 heteroatoms. The molecule has 6 nitrogen and oxygen atoms in total. The zero-order valence-corrected chi connectivity index (χ0v) is 17.1. The van der Waals surface area contributed by atoms with E-state index in [4.69, 9.17) is 0 Å². The normalized spacial score (nSPS) is 10.6. The third-order valence-corrected chi connectivity index (χ3v) is 4.57. The van der Waals surface area contributed by atoms with Crippen molar-refractivity contribution in [2.75, 3.05) is 5.32 Å². The van der Waals surface area contributed by atoms with Gasteiger partial charge in [-0.25, -0.2) is 5.43 Å². The van der Waals surface area contributed by atoms with Crippen molar-refractivity contribution in [1.82, 2.24) is 5.43 Å². The quantitative estimate of drug-likeness (QED) is 0.304. The number of nitrogens with one attached hydrogen (secondary N) is 2. The van der Waals surface area contributed by atoms with Crippen LogP contribution in [0.3, 0.4) is 0 Å². The van der Waals surface area contributed by atoms with Gasteiger partial charge < -0.3 is 10.4 Å². The van der Waals surface area contributed by atoms with Gasteiger partial charge in [0, 0.05) is 22.4 Å². The van der Waals surface area contributed by atoms with E-state index in [-0.39, 0.29) is 11.7 Å². The minimum Gasteiger partial charge on any atom is -0.507 e. The van der Waals surface area contributed by atoms with Crippen LogP contribution in [0.5, 0.6) is 5.75 Å². The van der Waals surface area contributed by atoms with Crippen molar-refractivity contribution in [2.45, 2.75) is 13.3 Å². The van der Waals surface area contributed by atoms with E-state index < -0.39 is 5.91 Å². The highest BCUT2D eigenvalue weighted by Crippen LogP contribution is 2.21. The molecule has 0 aliphatic carbocycles. The number of aromatic hydroxyl groups is 1. The Hall–Kier alpha value is -4.19. The molecule has 0 saturated carbocycles. The fourth-order valence-corrected chi connectivity index (χ4v) is 2.96. The Kier molecular flexibility index (Phi) is 6.96. The van der Waals surface area contributed by atoms with E-state index in [2.05, 4.69) is 22.4 Å². The Bertz CT molecular complexity index is 1140. The molecule has 31 heavy (non-hydrogen) atoms. The van der Waals surface area contributed by atoms with Crippen LogP contribution in [0.2, 0.25) is 0 Å². The molecule has 3 rings (SSSR count). The van der Waals surface area contributed by atoms with Gasteiger partial charge >= 0.3 is 0 Å². The van der Waals surface area contributed by atoms with Crippen LogP contribution in [-0.2, 0) is 6.42 Å². The van der Waals surface area contributed by atoms with E-state index in [0.717, 1.165) is 11.1 Å². The van der Waals surface area contributed by atoms with E-state index in [0.29, 0.717) is 28.8 Å². The second-order valence-electron chi connectivity index (χ2n) is 6.95. The molecule has 0 atom stereocenters. The molecule has 2 amide bonds. The molecule has 0 aliphatic rings. The largest absolute Gasteiger partial charge is 0.507 e. The second kappa shape index (κ2) is 10.0. The summed E-state index contributed by atoms with van der Waals surface area (Å²) in [4.78, 5) is 24.6. The average molecular weight is 413 g/mol. The van der Waals surface area contributed by atoms with Gasteiger partial charge in [-0.2, -0.15) is 5.10 Å². The van der Waals surface area contributed by atoms with Crippen molar-refractivity contribution < 1.29 is 14.7 Å². The summed E-state index contributed by atoms with van der Waals surface area (Å²) in [7, 11) is 0. The average Bonchev–Trinajstić information content (AvgIpc) is 2.77. The van der Waals surface area contributed by atoms with Gasteiger partial charge in [0.25, 0.3) is 11.8 Å². The zero-order valence-electron chi connectivity index (χ0n) is 17.1. The summed E-state index contributed by atoms with van der Waals surface area (Å²) in [6.45, 7) is 5.58. The van der Waals surface area contributed by atoms with Crippen LogP contribution in [-0.4, -0.2) is 23.1 Å². The first-order valence-corrected chi connectivity index (χ1v) is 9.71. The van der Waals surface area contributed by atoms with E-state index in [1.165, 1.54) is 6.21 Å². The third kappa shape index (κ3) is 5.67. The Balaban J connectivity index is 1.60. The number of phenolic OH excluding ortho intramolecular Hbond substituents is 1. The maximum Gasteiger partial charge on any atom is 0.271 e. The lowest BCUT2D eigenvalue weighted by Crippen LogP contribution is -2.18. The summed E-state index contributed by atoms with van der Waals surface area (Å²) in [5, 5.41) is 16.9. The van der Waals surface area contributed by atoms with Gasteiger partial charge in [0.05, 0.1) is 6.21 Å². The molecular weight excluding hydrogens is 390 g/mol. The van der Waals surface area contributed by atoms with E-state index >= 15 is 0 Å². The third-order valence-electron chi connectivity index (χ3n) is 4.57. The number of allylic oxidation sites excluding steroid dienone is 1. The molecule has 0 unspecified atom stereocenters. The first-order valence-electron chi connectivity index (χ1n) is 9.71. The number of benzene rings is 3. The predicted molar refractivity (Wildman–Crippen MR) is 123 cm³/mol. The Morgan fingerprint density at radius 2 is 1.74 bits per heavy atom. The number of rotatable bonds is 7. The van der Waals surface area contributed by atoms with Crippen molar-refractivity contribution in [2.24, 2.45) is 5.10 Å². The fraction of sp³-hybridized carbons (Fsp3) is 0.0800. The van der Waals surface area contributed by atoms with Crippen LogP contribution in [0.1, 0.15) is 37.4 Å². The molecular formula is C25H23N3O3. The minimum absolute atomic E-state index is 0.106. The summed E-state index contributed by atoms with van der Waals surface area (Å²) in [6, 6.07) is 19.1. The highest BCUT2D eigenvalue weighted by molar-refractivity contribution is 6.04. The number of para-hydroxylation sites is 1. The van der Waals surface area contributed by atoms with Gasteiger partial charge in [-0.3, -0.25) is 9.59 Å². The molecule has 0 bridgehead atoms. The number of phenols is 1. The van der Waals surface area contributed by atoms with E-state index in [1.807, 2.05) is 19.1 Å². The standard InChI is InChI=1S/C25H23N3O3/c1-3-6-18-8-5-10-21(23(18)29)16-26-28-25(31)19-11-13-22(14-12-19)27-24(30)20-9-4-7-17(2)15-20/h3-5,7-16,29H,1,6H2,2H3,(H,27,30)(H,28,31)/b26-16+. The van der Waals surface area contributed by atoms with Crippen LogP contribution in [0.25, 0.3) is 0 Å². The molecule has 0 fully saturated rings. The SMILES string of the molecule is C=CCc1cccc(/C=N/NC(=O)c2ccc(NC(=O)c3cccc(C)c3)cc2)c1O. The zero-order chi connectivity index (χ0) is 22.2. The summed E-state index contributed by atoms with van der Waals surface area (Å²) in [6.07, 6.45) is 3.62. The second-order valence-corrected chi connectivity index (χ2v) is 6.95.